The predicted molar refractivity (Wildman–Crippen MR) is 92.6 cm³/mol. The molecule has 21 heavy (non-hydrogen) atoms. The molecule has 1 heterocycles. The molecule has 0 radical (unpaired) electrons. The van der Waals surface area contributed by atoms with Crippen molar-refractivity contribution < 1.29 is 0 Å². The van der Waals surface area contributed by atoms with E-state index >= 15 is 0 Å². The smallest absolute Gasteiger partial charge is 0.0346 e. The first kappa shape index (κ1) is 14.8. The summed E-state index contributed by atoms with van der Waals surface area (Å²) in [6.45, 7) is 5.76. The lowest BCUT2D eigenvalue weighted by atomic mass is 9.93. The minimum absolute atomic E-state index is 0.706. The van der Waals surface area contributed by atoms with Gasteiger partial charge in [0.05, 0.1) is 0 Å². The molecule has 1 nitrogen and oxygen atoms in total. The molecular formula is C19H25NS. The van der Waals surface area contributed by atoms with Crippen molar-refractivity contribution in [1.82, 2.24) is 5.32 Å². The lowest BCUT2D eigenvalue weighted by Crippen LogP contribution is -2.31. The Morgan fingerprint density at radius 3 is 2.62 bits per heavy atom. The quantitative estimate of drug-likeness (QED) is 0.787. The molecular weight excluding hydrogens is 274 g/mol. The Morgan fingerprint density at radius 2 is 1.90 bits per heavy atom. The molecule has 1 fully saturated rings. The zero-order valence-corrected chi connectivity index (χ0v) is 13.8. The van der Waals surface area contributed by atoms with Crippen molar-refractivity contribution in [2.75, 3.05) is 0 Å². The van der Waals surface area contributed by atoms with E-state index in [1.54, 1.807) is 0 Å². The van der Waals surface area contributed by atoms with Crippen LogP contribution in [0.1, 0.15) is 38.0 Å². The van der Waals surface area contributed by atoms with Crippen LogP contribution in [-0.4, -0.2) is 6.04 Å². The number of benzene rings is 1. The first-order valence-electron chi connectivity index (χ1n) is 8.15. The Morgan fingerprint density at radius 1 is 1.10 bits per heavy atom. The van der Waals surface area contributed by atoms with Crippen molar-refractivity contribution in [3.05, 3.63) is 47.3 Å². The standard InChI is InChI=1S/C19H25NS/c1-3-15-9-11-18(14(15)2)20-13-17-10-12-19(21-17)16-7-5-4-6-8-16/h4-8,10,12,14-15,18,20H,3,9,11,13H2,1-2H3. The maximum Gasteiger partial charge on any atom is 0.0346 e. The van der Waals surface area contributed by atoms with Gasteiger partial charge in [0.25, 0.3) is 0 Å². The van der Waals surface area contributed by atoms with Crippen LogP contribution in [0.4, 0.5) is 0 Å². The van der Waals surface area contributed by atoms with E-state index in [0.29, 0.717) is 6.04 Å². The molecule has 1 aromatic heterocycles. The third-order valence-electron chi connectivity index (χ3n) is 5.01. The molecule has 1 aromatic carbocycles. The molecule has 1 aliphatic rings. The Kier molecular flexibility index (Phi) is 4.77. The fourth-order valence-electron chi connectivity index (χ4n) is 3.57. The van der Waals surface area contributed by atoms with Crippen LogP contribution >= 0.6 is 11.3 Å². The molecule has 1 aliphatic carbocycles. The van der Waals surface area contributed by atoms with Gasteiger partial charge in [0.2, 0.25) is 0 Å². The van der Waals surface area contributed by atoms with Crippen molar-refractivity contribution >= 4 is 11.3 Å². The summed E-state index contributed by atoms with van der Waals surface area (Å²) in [6.07, 6.45) is 4.07. The van der Waals surface area contributed by atoms with Gasteiger partial charge in [-0.25, -0.2) is 0 Å². The van der Waals surface area contributed by atoms with Gasteiger partial charge in [-0.05, 0) is 42.4 Å². The average Bonchev–Trinajstić information content (AvgIpc) is 3.13. The Hall–Kier alpha value is -1.12. The SMILES string of the molecule is CCC1CCC(NCc2ccc(-c3ccccc3)s2)C1C. The largest absolute Gasteiger partial charge is 0.309 e. The van der Waals surface area contributed by atoms with Gasteiger partial charge < -0.3 is 5.32 Å². The molecule has 3 rings (SSSR count). The van der Waals surface area contributed by atoms with Gasteiger partial charge in [-0.15, -0.1) is 11.3 Å². The summed E-state index contributed by atoms with van der Waals surface area (Å²) >= 11 is 1.91. The molecule has 2 aromatic rings. The van der Waals surface area contributed by atoms with Crippen LogP contribution < -0.4 is 5.32 Å². The molecule has 0 spiro atoms. The van der Waals surface area contributed by atoms with Gasteiger partial charge in [0, 0.05) is 22.3 Å². The highest BCUT2D eigenvalue weighted by molar-refractivity contribution is 7.15. The lowest BCUT2D eigenvalue weighted by molar-refractivity contribution is 0.345. The van der Waals surface area contributed by atoms with Crippen LogP contribution in [0.25, 0.3) is 10.4 Å². The summed E-state index contributed by atoms with van der Waals surface area (Å²) < 4.78 is 0. The van der Waals surface area contributed by atoms with Gasteiger partial charge in [-0.2, -0.15) is 0 Å². The van der Waals surface area contributed by atoms with Gasteiger partial charge in [-0.3, -0.25) is 0 Å². The first-order chi connectivity index (χ1) is 10.3. The predicted octanol–water partition coefficient (Wildman–Crippen LogP) is 5.33. The van der Waals surface area contributed by atoms with E-state index in [9.17, 15) is 0 Å². The van der Waals surface area contributed by atoms with E-state index < -0.39 is 0 Å². The molecule has 3 atom stereocenters. The highest BCUT2D eigenvalue weighted by Crippen LogP contribution is 2.34. The van der Waals surface area contributed by atoms with E-state index in [4.69, 9.17) is 0 Å². The monoisotopic (exact) mass is 299 g/mol. The molecule has 1 saturated carbocycles. The van der Waals surface area contributed by atoms with Crippen molar-refractivity contribution in [3.8, 4) is 10.4 Å². The van der Waals surface area contributed by atoms with Gasteiger partial charge >= 0.3 is 0 Å². The molecule has 0 saturated heterocycles. The summed E-state index contributed by atoms with van der Waals surface area (Å²) in [6, 6.07) is 15.9. The second-order valence-corrected chi connectivity index (χ2v) is 7.39. The third kappa shape index (κ3) is 3.38. The average molecular weight is 299 g/mol. The minimum Gasteiger partial charge on any atom is -0.309 e. The lowest BCUT2D eigenvalue weighted by Gasteiger charge is -2.20. The van der Waals surface area contributed by atoms with E-state index in [1.165, 1.54) is 34.6 Å². The summed E-state index contributed by atoms with van der Waals surface area (Å²) in [5, 5.41) is 3.79. The van der Waals surface area contributed by atoms with E-state index in [2.05, 4.69) is 61.6 Å². The van der Waals surface area contributed by atoms with Crippen molar-refractivity contribution in [2.45, 2.75) is 45.7 Å². The Labute approximate surface area is 132 Å². The second kappa shape index (κ2) is 6.76. The van der Waals surface area contributed by atoms with Crippen LogP contribution in [0, 0.1) is 11.8 Å². The van der Waals surface area contributed by atoms with Crippen molar-refractivity contribution in [3.63, 3.8) is 0 Å². The maximum absolute atomic E-state index is 3.79. The van der Waals surface area contributed by atoms with E-state index in [0.717, 1.165) is 18.4 Å². The number of rotatable bonds is 5. The molecule has 112 valence electrons. The van der Waals surface area contributed by atoms with E-state index in [1.807, 2.05) is 11.3 Å². The minimum atomic E-state index is 0.706. The van der Waals surface area contributed by atoms with Crippen LogP contribution in [0.15, 0.2) is 42.5 Å². The maximum atomic E-state index is 3.79. The fourth-order valence-corrected chi connectivity index (χ4v) is 4.54. The van der Waals surface area contributed by atoms with Gasteiger partial charge in [0.1, 0.15) is 0 Å². The molecule has 0 bridgehead atoms. The second-order valence-electron chi connectivity index (χ2n) is 6.22. The Bertz CT molecular complexity index is 560. The number of thiophene rings is 1. The summed E-state index contributed by atoms with van der Waals surface area (Å²) in [4.78, 5) is 2.82. The highest BCUT2D eigenvalue weighted by Gasteiger charge is 2.30. The van der Waals surface area contributed by atoms with Crippen LogP contribution in [-0.2, 0) is 6.54 Å². The first-order valence-corrected chi connectivity index (χ1v) is 8.97. The molecule has 3 unspecified atom stereocenters. The zero-order chi connectivity index (χ0) is 14.7. The van der Waals surface area contributed by atoms with Crippen molar-refractivity contribution in [2.24, 2.45) is 11.8 Å². The molecule has 0 aliphatic heterocycles. The summed E-state index contributed by atoms with van der Waals surface area (Å²) in [5.74, 6) is 1.74. The zero-order valence-electron chi connectivity index (χ0n) is 13.0. The topological polar surface area (TPSA) is 12.0 Å². The summed E-state index contributed by atoms with van der Waals surface area (Å²) in [7, 11) is 0. The van der Waals surface area contributed by atoms with Crippen LogP contribution in [0.2, 0.25) is 0 Å². The van der Waals surface area contributed by atoms with Gasteiger partial charge in [-0.1, -0.05) is 50.6 Å². The number of nitrogens with one attached hydrogen (secondary N) is 1. The normalized spacial score (nSPS) is 25.3. The third-order valence-corrected chi connectivity index (χ3v) is 6.14. The van der Waals surface area contributed by atoms with Crippen molar-refractivity contribution in [1.29, 1.82) is 0 Å². The van der Waals surface area contributed by atoms with Gasteiger partial charge in [0.15, 0.2) is 0 Å². The van der Waals surface area contributed by atoms with Crippen LogP contribution in [0.3, 0.4) is 0 Å². The fraction of sp³-hybridized carbons (Fsp3) is 0.474. The molecule has 0 amide bonds. The van der Waals surface area contributed by atoms with E-state index in [-0.39, 0.29) is 0 Å². The molecule has 1 N–H and O–H groups in total. The number of hydrogen-bond acceptors (Lipinski definition) is 2. The highest BCUT2D eigenvalue weighted by atomic mass is 32.1. The summed E-state index contributed by atoms with van der Waals surface area (Å²) in [5.41, 5.74) is 1.33. The number of hydrogen-bond donors (Lipinski definition) is 1. The Balaban J connectivity index is 1.59. The molecule has 2 heteroatoms. The van der Waals surface area contributed by atoms with Crippen LogP contribution in [0.5, 0.6) is 0 Å².